The maximum Gasteiger partial charge on any atom is 0.352 e. The molecule has 3 aromatic heterocycles. The molecule has 0 aromatic carbocycles. The van der Waals surface area contributed by atoms with Crippen LogP contribution in [0, 0.1) is 0 Å². The highest BCUT2D eigenvalue weighted by molar-refractivity contribution is 8.00. The quantitative estimate of drug-likeness (QED) is 0.0738. The van der Waals surface area contributed by atoms with Gasteiger partial charge in [0.05, 0.1) is 10.4 Å². The van der Waals surface area contributed by atoms with E-state index in [9.17, 15) is 29.4 Å². The number of tetrazole rings is 1. The van der Waals surface area contributed by atoms with Gasteiger partial charge in [0.1, 0.15) is 35.8 Å². The second kappa shape index (κ2) is 10.1. The predicted molar refractivity (Wildman–Crippen MR) is 152 cm³/mol. The van der Waals surface area contributed by atoms with Gasteiger partial charge in [0.15, 0.2) is 10.8 Å². The smallest absolute Gasteiger partial charge is 0.352 e. The number of carbonyl (C=O) groups is 4. The summed E-state index contributed by atoms with van der Waals surface area (Å²) in [4.78, 5) is 61.2. The third-order valence-electron chi connectivity index (χ3n) is 7.01. The van der Waals surface area contributed by atoms with E-state index in [0.717, 1.165) is 20.9 Å². The second-order valence-electron chi connectivity index (χ2n) is 9.21. The summed E-state index contributed by atoms with van der Waals surface area (Å²) in [6.07, 6.45) is 0. The van der Waals surface area contributed by atoms with Crippen LogP contribution in [-0.4, -0.2) is 104 Å². The lowest BCUT2D eigenvalue weighted by Gasteiger charge is -2.50. The molecular weight excluding hydrogens is 633 g/mol. The van der Waals surface area contributed by atoms with Crippen molar-refractivity contribution in [3.05, 3.63) is 39.7 Å². The number of nitrogen functional groups attached to an aromatic ring is 1. The maximum atomic E-state index is 13.3. The molecule has 0 spiro atoms. The number of thiazole rings is 1. The highest BCUT2D eigenvalue weighted by Gasteiger charge is 2.60. The van der Waals surface area contributed by atoms with E-state index in [0.29, 0.717) is 0 Å². The standard InChI is InChI=1S/C21H18N10O7S4/c1-38-27-10(7-4-42-20(22)23-7)15(32)24-11-16(33)30-12(19(36)37)6(3-41-17(11)30)13(39)21(40)8-2-5(9(21)18(34)35)14-25-28-29-31(14)26-8/h2,4,9,11,13,17,39-40H,3H2,1H3,(H2,22,23)(H,24,32)(H,34,35)(H,36,37)/b27-10+. The minimum atomic E-state index is -1.64. The first kappa shape index (κ1) is 28.2. The van der Waals surface area contributed by atoms with Crippen molar-refractivity contribution in [2.24, 2.45) is 5.16 Å². The Labute approximate surface area is 253 Å². The first-order chi connectivity index (χ1) is 20.0. The van der Waals surface area contributed by atoms with E-state index in [-0.39, 0.29) is 50.5 Å². The van der Waals surface area contributed by atoms with Crippen molar-refractivity contribution in [3.8, 4) is 0 Å². The number of carbonyl (C=O) groups excluding carboxylic acids is 2. The minimum Gasteiger partial charge on any atom is -0.481 e. The second-order valence-corrected chi connectivity index (χ2v) is 12.5. The van der Waals surface area contributed by atoms with Crippen LogP contribution in [0.5, 0.6) is 0 Å². The van der Waals surface area contributed by atoms with E-state index in [2.05, 4.69) is 48.7 Å². The zero-order chi connectivity index (χ0) is 30.1. The van der Waals surface area contributed by atoms with Crippen molar-refractivity contribution in [2.45, 2.75) is 27.3 Å². The number of nitrogens with zero attached hydrogens (tertiary/aromatic N) is 8. The number of aliphatic carboxylic acids is 2. The number of amides is 2. The fourth-order valence-corrected chi connectivity index (χ4v) is 8.27. The molecular formula is C21H18N10O7S4. The summed E-state index contributed by atoms with van der Waals surface area (Å²) in [5, 5.41) is 41.9. The number of thiol groups is 2. The van der Waals surface area contributed by atoms with E-state index in [1.54, 1.807) is 0 Å². The molecule has 0 radical (unpaired) electrons. The van der Waals surface area contributed by atoms with E-state index in [1.165, 1.54) is 30.3 Å². The number of anilines is 1. The van der Waals surface area contributed by atoms with Crippen LogP contribution < -0.4 is 11.1 Å². The number of nitrogens with two attached hydrogens (primary N) is 1. The molecule has 3 aromatic rings. The number of β-lactam (4-membered cyclic amide) rings is 1. The Balaban J connectivity index is 1.31. The van der Waals surface area contributed by atoms with Gasteiger partial charge >= 0.3 is 11.9 Å². The van der Waals surface area contributed by atoms with Crippen molar-refractivity contribution in [1.29, 1.82) is 0 Å². The number of thioether (sulfide) groups is 1. The van der Waals surface area contributed by atoms with Crippen molar-refractivity contribution in [1.82, 2.24) is 40.5 Å². The molecule has 5 atom stereocenters. The van der Waals surface area contributed by atoms with Crippen LogP contribution in [0.3, 0.4) is 0 Å². The van der Waals surface area contributed by atoms with Gasteiger partial charge in [-0.1, -0.05) is 5.16 Å². The fourth-order valence-electron chi connectivity index (χ4n) is 5.20. The summed E-state index contributed by atoms with van der Waals surface area (Å²) in [5.41, 5.74) is 5.88. The number of fused-ring (bicyclic) bond motifs is 5. The average molecular weight is 651 g/mol. The third kappa shape index (κ3) is 4.01. The summed E-state index contributed by atoms with van der Waals surface area (Å²) in [6.45, 7) is 0. The third-order valence-corrected chi connectivity index (χ3v) is 10.7. The number of carboxylic acid groups (broad SMARTS) is 2. The molecule has 2 amide bonds. The van der Waals surface area contributed by atoms with Crippen molar-refractivity contribution >= 4 is 88.6 Å². The first-order valence-corrected chi connectivity index (χ1v) is 14.7. The van der Waals surface area contributed by atoms with Crippen LogP contribution in [0.4, 0.5) is 5.13 Å². The summed E-state index contributed by atoms with van der Waals surface area (Å²) >= 11 is 11.7. The molecule has 21 heteroatoms. The largest absolute Gasteiger partial charge is 0.481 e. The Morgan fingerprint density at radius 3 is 2.76 bits per heavy atom. The van der Waals surface area contributed by atoms with Crippen LogP contribution in [0.2, 0.25) is 0 Å². The zero-order valence-corrected chi connectivity index (χ0v) is 24.4. The Bertz CT molecular complexity index is 1760. The Kier molecular flexibility index (Phi) is 6.78. The lowest BCUT2D eigenvalue weighted by atomic mass is 9.84. The molecule has 42 heavy (non-hydrogen) atoms. The summed E-state index contributed by atoms with van der Waals surface area (Å²) in [5.74, 6) is -5.49. The molecule has 1 saturated heterocycles. The predicted octanol–water partition coefficient (Wildman–Crippen LogP) is -1.05. The van der Waals surface area contributed by atoms with E-state index in [1.807, 2.05) is 0 Å². The summed E-state index contributed by atoms with van der Waals surface area (Å²) in [6, 6.07) is 0.400. The molecule has 0 saturated carbocycles. The molecule has 5 N–H and O–H groups in total. The van der Waals surface area contributed by atoms with Crippen molar-refractivity contribution < 1.29 is 34.2 Å². The van der Waals surface area contributed by atoms with Crippen LogP contribution in [0.1, 0.15) is 22.9 Å². The highest BCUT2D eigenvalue weighted by atomic mass is 32.2. The van der Waals surface area contributed by atoms with Gasteiger partial charge in [-0.2, -0.15) is 30.4 Å². The van der Waals surface area contributed by atoms with Crippen LogP contribution in [0.25, 0.3) is 5.65 Å². The molecule has 17 nitrogen and oxygen atoms in total. The maximum absolute atomic E-state index is 13.3. The molecule has 218 valence electrons. The SMILES string of the molecule is CO/N=C(/C(=O)NC1C(=O)N2C(C(=O)O)=C(C(S)C3(S)c4cc(c5nnnn5n4)C3C(=O)O)CSC12)c1csc(N)n1. The van der Waals surface area contributed by atoms with E-state index < -0.39 is 51.1 Å². The molecule has 1 fully saturated rings. The van der Waals surface area contributed by atoms with Crippen LogP contribution >= 0.6 is 48.4 Å². The number of hydrogen-bond donors (Lipinski definition) is 6. The zero-order valence-electron chi connectivity index (χ0n) is 21.0. The molecule has 6 rings (SSSR count). The molecule has 1 aliphatic carbocycles. The van der Waals surface area contributed by atoms with Crippen molar-refractivity contribution in [2.75, 3.05) is 18.6 Å². The Morgan fingerprint density at radius 2 is 2.12 bits per heavy atom. The first-order valence-electron chi connectivity index (χ1n) is 11.8. The molecule has 5 heterocycles. The Morgan fingerprint density at radius 1 is 1.36 bits per heavy atom. The number of nitrogens with one attached hydrogen (secondary N) is 1. The van der Waals surface area contributed by atoms with Gasteiger partial charge in [-0.05, 0) is 22.1 Å². The van der Waals surface area contributed by atoms with Gasteiger partial charge < -0.3 is 26.1 Å². The van der Waals surface area contributed by atoms with Crippen LogP contribution in [-0.2, 0) is 28.8 Å². The number of rotatable bonds is 8. The number of carboxylic acids is 2. The van der Waals surface area contributed by atoms with E-state index >= 15 is 0 Å². The molecule has 2 bridgehead atoms. The van der Waals surface area contributed by atoms with Gasteiger partial charge in [-0.25, -0.2) is 9.78 Å². The van der Waals surface area contributed by atoms with Gasteiger partial charge in [0.2, 0.25) is 5.65 Å². The van der Waals surface area contributed by atoms with Gasteiger partial charge in [0.25, 0.3) is 11.8 Å². The lowest BCUT2D eigenvalue weighted by Crippen LogP contribution is -2.71. The molecule has 2 aliphatic heterocycles. The number of oxime groups is 1. The van der Waals surface area contributed by atoms with Crippen LogP contribution in [0.15, 0.2) is 27.9 Å². The number of aromatic nitrogens is 6. The van der Waals surface area contributed by atoms with Gasteiger partial charge in [0, 0.05) is 21.9 Å². The summed E-state index contributed by atoms with van der Waals surface area (Å²) in [7, 11) is 1.24. The summed E-state index contributed by atoms with van der Waals surface area (Å²) < 4.78 is -0.566. The number of hydrogen-bond acceptors (Lipinski definition) is 16. The monoisotopic (exact) mass is 650 g/mol. The average Bonchev–Trinajstić information content (AvgIpc) is 3.66. The topological polar surface area (TPSA) is 240 Å². The van der Waals surface area contributed by atoms with E-state index in [4.69, 9.17) is 23.2 Å². The lowest BCUT2D eigenvalue weighted by molar-refractivity contribution is -0.150. The molecule has 3 aliphatic rings. The van der Waals surface area contributed by atoms with Crippen molar-refractivity contribution in [3.63, 3.8) is 0 Å². The fraction of sp³-hybridized carbons (Fsp3) is 0.333. The van der Waals surface area contributed by atoms with Gasteiger partial charge in [-0.3, -0.25) is 19.3 Å². The normalized spacial score (nSPS) is 25.7. The Hall–Kier alpha value is -3.95. The van der Waals surface area contributed by atoms with Gasteiger partial charge in [-0.15, -0.1) is 32.8 Å². The molecule has 5 unspecified atom stereocenters. The highest BCUT2D eigenvalue weighted by Crippen LogP contribution is 2.56. The minimum absolute atomic E-state index is 0.0277.